The van der Waals surface area contributed by atoms with E-state index in [1.807, 2.05) is 0 Å². The van der Waals surface area contributed by atoms with Crippen LogP contribution in [0.4, 0.5) is 0 Å². The Morgan fingerprint density at radius 2 is 2.00 bits per heavy atom. The number of aliphatic carboxylic acids is 1. The molecule has 7 nitrogen and oxygen atoms in total. The van der Waals surface area contributed by atoms with E-state index < -0.39 is 13.9 Å². The Morgan fingerprint density at radius 3 is 2.53 bits per heavy atom. The summed E-state index contributed by atoms with van der Waals surface area (Å²) in [7, 11) is -4.44. The first-order chi connectivity index (χ1) is 6.89. The molecule has 0 bridgehead atoms. The molecule has 4 N–H and O–H groups in total. The fourth-order valence-electron chi connectivity index (χ4n) is 0.923. The van der Waals surface area contributed by atoms with E-state index in [0.29, 0.717) is 5.69 Å². The van der Waals surface area contributed by atoms with Crippen LogP contribution in [0, 0.1) is 0 Å². The van der Waals surface area contributed by atoms with Crippen LogP contribution in [0.25, 0.3) is 0 Å². The Balaban J connectivity index is 2.79. The first kappa shape index (κ1) is 11.9. The van der Waals surface area contributed by atoms with Crippen LogP contribution in [0.15, 0.2) is 12.4 Å². The minimum absolute atomic E-state index is 0.126. The van der Waals surface area contributed by atoms with Crippen LogP contribution in [-0.4, -0.2) is 35.7 Å². The van der Waals surface area contributed by atoms with Gasteiger partial charge in [0.05, 0.1) is 0 Å². The summed E-state index contributed by atoms with van der Waals surface area (Å²) in [5, 5.41) is 8.42. The van der Waals surface area contributed by atoms with Crippen LogP contribution < -0.4 is 5.44 Å². The van der Waals surface area contributed by atoms with Crippen molar-refractivity contribution in [1.82, 2.24) is 9.97 Å². The van der Waals surface area contributed by atoms with Gasteiger partial charge in [-0.3, -0.25) is 0 Å². The summed E-state index contributed by atoms with van der Waals surface area (Å²) >= 11 is 0. The molecule has 15 heavy (non-hydrogen) atoms. The molecule has 0 saturated heterocycles. The van der Waals surface area contributed by atoms with E-state index in [0.717, 1.165) is 6.20 Å². The van der Waals surface area contributed by atoms with E-state index in [4.69, 9.17) is 19.8 Å². The number of rotatable bonds is 4. The monoisotopic (exact) mass is 234 g/mol. The van der Waals surface area contributed by atoms with Crippen molar-refractivity contribution in [1.29, 1.82) is 0 Å². The number of aromatic nitrogens is 2. The molecule has 0 fully saturated rings. The molecule has 0 aliphatic heterocycles. The van der Waals surface area contributed by atoms with Gasteiger partial charge in [-0.2, -0.15) is 0 Å². The summed E-state index contributed by atoms with van der Waals surface area (Å²) in [4.78, 5) is 44.4. The molecular weight excluding hydrogens is 223 g/mol. The fourth-order valence-corrected chi connectivity index (χ4v) is 1.46. The average molecular weight is 234 g/mol. The van der Waals surface area contributed by atoms with Crippen molar-refractivity contribution in [3.63, 3.8) is 0 Å². The number of nitrogens with zero attached hydrogens (tertiary/aromatic N) is 2. The van der Waals surface area contributed by atoms with Crippen molar-refractivity contribution in [3.8, 4) is 0 Å². The summed E-state index contributed by atoms with van der Waals surface area (Å²) in [5.74, 6) is -0.984. The third-order valence-corrected chi connectivity index (χ3v) is 2.55. The molecule has 1 heterocycles. The zero-order chi connectivity index (χ0) is 11.5. The molecule has 0 aliphatic rings. The third kappa shape index (κ3) is 3.85. The van der Waals surface area contributed by atoms with Crippen LogP contribution in [-0.2, 0) is 11.2 Å². The standard InChI is InChI=1S/C7H11N2O5P/c10-7(11)2-1-5-3-8-4-6(9-5)15(12,13)14/h3-4,12-15H,1-2H2,(H,10,11). The van der Waals surface area contributed by atoms with Crippen LogP contribution in [0.1, 0.15) is 12.1 Å². The minimum atomic E-state index is -4.44. The number of aryl methyl sites for hydroxylation is 1. The number of hydrogen-bond acceptors (Lipinski definition) is 6. The second kappa shape index (κ2) is 4.59. The van der Waals surface area contributed by atoms with Gasteiger partial charge >= 0.3 is 84.8 Å². The van der Waals surface area contributed by atoms with Crippen molar-refractivity contribution < 1.29 is 24.6 Å². The van der Waals surface area contributed by atoms with Crippen LogP contribution in [0.3, 0.4) is 0 Å². The van der Waals surface area contributed by atoms with Gasteiger partial charge in [-0.1, -0.05) is 0 Å². The van der Waals surface area contributed by atoms with Crippen molar-refractivity contribution in [2.24, 2.45) is 0 Å². The molecule has 0 aliphatic carbocycles. The average Bonchev–Trinajstić information content (AvgIpc) is 2.14. The predicted octanol–water partition coefficient (Wildman–Crippen LogP) is -1.41. The molecule has 1 aromatic heterocycles. The van der Waals surface area contributed by atoms with Crippen molar-refractivity contribution in [2.75, 3.05) is 0 Å². The summed E-state index contributed by atoms with van der Waals surface area (Å²) in [6, 6.07) is 0. The molecular formula is C7H11N2O5P. The van der Waals surface area contributed by atoms with E-state index in [1.54, 1.807) is 0 Å². The molecule has 0 spiro atoms. The van der Waals surface area contributed by atoms with Crippen molar-refractivity contribution >= 4 is 19.3 Å². The maximum atomic E-state index is 10.3. The summed E-state index contributed by atoms with van der Waals surface area (Å²) in [6.45, 7) is 0. The fraction of sp³-hybridized carbons (Fsp3) is 0.286. The molecule has 0 aromatic carbocycles. The van der Waals surface area contributed by atoms with Gasteiger partial charge in [0.1, 0.15) is 0 Å². The van der Waals surface area contributed by atoms with Crippen LogP contribution >= 0.6 is 7.94 Å². The second-order valence-electron chi connectivity index (χ2n) is 2.92. The Kier molecular flexibility index (Phi) is 3.65. The summed E-state index contributed by atoms with van der Waals surface area (Å²) in [5.41, 5.74) is -0.00527. The molecule has 1 rings (SSSR count). The SMILES string of the molecule is O=C(O)CCc1cncc([PH](O)(O)O)n1. The molecule has 0 radical (unpaired) electrons. The molecule has 0 atom stereocenters. The molecule has 0 unspecified atom stereocenters. The van der Waals surface area contributed by atoms with Gasteiger partial charge in [0.15, 0.2) is 0 Å². The topological polar surface area (TPSA) is 124 Å². The Bertz CT molecular complexity index is 365. The normalized spacial score (nSPS) is 12.5. The van der Waals surface area contributed by atoms with Gasteiger partial charge in [0, 0.05) is 0 Å². The van der Waals surface area contributed by atoms with E-state index in [-0.39, 0.29) is 18.3 Å². The Hall–Kier alpha value is -1.14. The van der Waals surface area contributed by atoms with Crippen LogP contribution in [0.5, 0.6) is 0 Å². The molecule has 0 saturated carbocycles. The van der Waals surface area contributed by atoms with Gasteiger partial charge in [-0.25, -0.2) is 0 Å². The van der Waals surface area contributed by atoms with Crippen molar-refractivity contribution in [3.05, 3.63) is 18.1 Å². The van der Waals surface area contributed by atoms with Gasteiger partial charge in [0.25, 0.3) is 0 Å². The Labute approximate surface area is 85.6 Å². The van der Waals surface area contributed by atoms with E-state index in [9.17, 15) is 4.79 Å². The quantitative estimate of drug-likeness (QED) is 0.472. The summed E-state index contributed by atoms with van der Waals surface area (Å²) < 4.78 is 0. The molecule has 84 valence electrons. The number of carboxylic acid groups (broad SMARTS) is 1. The van der Waals surface area contributed by atoms with Gasteiger partial charge in [-0.15, -0.1) is 0 Å². The third-order valence-electron chi connectivity index (χ3n) is 1.62. The van der Waals surface area contributed by atoms with E-state index in [1.165, 1.54) is 6.20 Å². The molecule has 0 amide bonds. The molecule has 1 aromatic rings. The van der Waals surface area contributed by atoms with E-state index >= 15 is 0 Å². The first-order valence-electron chi connectivity index (χ1n) is 4.10. The second-order valence-corrected chi connectivity index (χ2v) is 4.71. The van der Waals surface area contributed by atoms with Gasteiger partial charge < -0.3 is 0 Å². The van der Waals surface area contributed by atoms with Gasteiger partial charge in [-0.05, 0) is 0 Å². The van der Waals surface area contributed by atoms with Gasteiger partial charge in [0.2, 0.25) is 0 Å². The summed E-state index contributed by atoms with van der Waals surface area (Å²) in [6.07, 6.45) is 2.35. The van der Waals surface area contributed by atoms with Crippen LogP contribution in [0.2, 0.25) is 0 Å². The van der Waals surface area contributed by atoms with Crippen molar-refractivity contribution in [2.45, 2.75) is 12.8 Å². The number of carboxylic acids is 1. The Morgan fingerprint density at radius 1 is 1.33 bits per heavy atom. The zero-order valence-corrected chi connectivity index (χ0v) is 8.66. The zero-order valence-electron chi connectivity index (χ0n) is 7.66. The number of hydrogen-bond donors (Lipinski definition) is 4. The first-order valence-corrected chi connectivity index (χ1v) is 5.94. The number of carbonyl (C=O) groups is 1. The maximum absolute atomic E-state index is 10.3. The molecule has 8 heteroatoms. The van der Waals surface area contributed by atoms with E-state index in [2.05, 4.69) is 9.97 Å². The predicted molar refractivity (Wildman–Crippen MR) is 52.6 cm³/mol.